The molecule has 0 fully saturated rings. The predicted molar refractivity (Wildman–Crippen MR) is 59.4 cm³/mol. The van der Waals surface area contributed by atoms with Gasteiger partial charge in [0.25, 0.3) is 0 Å². The highest BCUT2D eigenvalue weighted by atomic mass is 14.0. The fourth-order valence-corrected chi connectivity index (χ4v) is 0.393. The summed E-state index contributed by atoms with van der Waals surface area (Å²) in [5.74, 6) is 0. The van der Waals surface area contributed by atoms with E-state index in [0.717, 1.165) is 6.42 Å². The van der Waals surface area contributed by atoms with Crippen molar-refractivity contribution in [3.05, 3.63) is 24.3 Å². The van der Waals surface area contributed by atoms with Crippen LogP contribution in [0.5, 0.6) is 0 Å². The Morgan fingerprint density at radius 1 is 0.833 bits per heavy atom. The van der Waals surface area contributed by atoms with Crippen molar-refractivity contribution >= 4 is 0 Å². The van der Waals surface area contributed by atoms with Crippen molar-refractivity contribution in [2.24, 2.45) is 5.41 Å². The Bertz CT molecular complexity index is 105. The van der Waals surface area contributed by atoms with Gasteiger partial charge in [-0.05, 0) is 11.8 Å². The second-order valence-corrected chi connectivity index (χ2v) is 4.09. The molecule has 0 aromatic heterocycles. The van der Waals surface area contributed by atoms with E-state index < -0.39 is 0 Å². The van der Waals surface area contributed by atoms with Gasteiger partial charge in [0.1, 0.15) is 0 Å². The van der Waals surface area contributed by atoms with Gasteiger partial charge in [0.05, 0.1) is 0 Å². The van der Waals surface area contributed by atoms with E-state index in [0.29, 0.717) is 5.41 Å². The Labute approximate surface area is 78.4 Å². The predicted octanol–water partition coefficient (Wildman–Crippen LogP) is 4.58. The van der Waals surface area contributed by atoms with E-state index in [9.17, 15) is 0 Å². The maximum Gasteiger partial charge on any atom is -0.0163 e. The molecular weight excluding hydrogens is 144 g/mol. The van der Waals surface area contributed by atoms with Crippen LogP contribution in [0.15, 0.2) is 24.3 Å². The molecule has 0 heteroatoms. The molecule has 0 radical (unpaired) electrons. The van der Waals surface area contributed by atoms with Crippen LogP contribution in [0.25, 0.3) is 0 Å². The summed E-state index contributed by atoms with van der Waals surface area (Å²) < 4.78 is 0. The van der Waals surface area contributed by atoms with Crippen LogP contribution in [0.2, 0.25) is 0 Å². The maximum atomic E-state index is 2.19. The van der Waals surface area contributed by atoms with Crippen LogP contribution >= 0.6 is 0 Å². The monoisotopic (exact) mass is 168 g/mol. The quantitative estimate of drug-likeness (QED) is 0.496. The molecule has 0 aromatic rings. The number of hydrogen-bond acceptors (Lipinski definition) is 0. The molecule has 0 unspecified atom stereocenters. The van der Waals surface area contributed by atoms with Crippen LogP contribution in [0.1, 0.15) is 48.0 Å². The topological polar surface area (TPSA) is 0 Å². The van der Waals surface area contributed by atoms with E-state index in [1.165, 1.54) is 0 Å². The van der Waals surface area contributed by atoms with E-state index in [-0.39, 0.29) is 0 Å². The molecule has 0 spiro atoms. The molecule has 0 aliphatic heterocycles. The summed E-state index contributed by atoms with van der Waals surface area (Å²) in [4.78, 5) is 0. The molecule has 72 valence electrons. The van der Waals surface area contributed by atoms with Gasteiger partial charge >= 0.3 is 0 Å². The highest BCUT2D eigenvalue weighted by Crippen LogP contribution is 2.08. The molecule has 0 amide bonds. The van der Waals surface area contributed by atoms with Crippen molar-refractivity contribution in [3.8, 4) is 0 Å². The SMILES string of the molecule is C1=CCC=C1.CC.CC(C)(C)C. The molecular formula is C12H24. The highest BCUT2D eigenvalue weighted by Gasteiger charge is 1.95. The summed E-state index contributed by atoms with van der Waals surface area (Å²) in [5.41, 5.74) is 0.500. The van der Waals surface area contributed by atoms with Gasteiger partial charge in [0.2, 0.25) is 0 Å². The lowest BCUT2D eigenvalue weighted by Gasteiger charge is -2.05. The Morgan fingerprint density at radius 3 is 1.17 bits per heavy atom. The molecule has 0 saturated carbocycles. The van der Waals surface area contributed by atoms with Crippen LogP contribution < -0.4 is 0 Å². The van der Waals surface area contributed by atoms with Crippen LogP contribution in [-0.2, 0) is 0 Å². The van der Waals surface area contributed by atoms with Crippen LogP contribution in [0.4, 0.5) is 0 Å². The van der Waals surface area contributed by atoms with Crippen LogP contribution in [-0.4, -0.2) is 0 Å². The van der Waals surface area contributed by atoms with Crippen LogP contribution in [0.3, 0.4) is 0 Å². The van der Waals surface area contributed by atoms with Crippen molar-refractivity contribution in [1.82, 2.24) is 0 Å². The molecule has 1 aliphatic carbocycles. The van der Waals surface area contributed by atoms with E-state index >= 15 is 0 Å². The zero-order valence-corrected chi connectivity index (χ0v) is 9.52. The average Bonchev–Trinajstić information content (AvgIpc) is 2.41. The Balaban J connectivity index is 0. The van der Waals surface area contributed by atoms with Crippen LogP contribution in [0, 0.1) is 5.41 Å². The summed E-state index contributed by atoms with van der Waals surface area (Å²) in [5, 5.41) is 0. The highest BCUT2D eigenvalue weighted by molar-refractivity contribution is 5.11. The third-order valence-electron chi connectivity index (χ3n) is 0.655. The summed E-state index contributed by atoms with van der Waals surface area (Å²) in [6.07, 6.45) is 9.50. The molecule has 0 N–H and O–H groups in total. The van der Waals surface area contributed by atoms with E-state index in [1.807, 2.05) is 13.8 Å². The second kappa shape index (κ2) is 8.58. The lowest BCUT2D eigenvalue weighted by atomic mass is 10.0. The second-order valence-electron chi connectivity index (χ2n) is 4.09. The van der Waals surface area contributed by atoms with Gasteiger partial charge in [-0.3, -0.25) is 0 Å². The third-order valence-corrected chi connectivity index (χ3v) is 0.655. The molecule has 0 saturated heterocycles. The largest absolute Gasteiger partial charge is 0.0808 e. The third kappa shape index (κ3) is 34.0. The van der Waals surface area contributed by atoms with Gasteiger partial charge < -0.3 is 0 Å². The fourth-order valence-electron chi connectivity index (χ4n) is 0.393. The number of allylic oxidation sites excluding steroid dienone is 4. The average molecular weight is 168 g/mol. The summed E-state index contributed by atoms with van der Waals surface area (Å²) in [7, 11) is 0. The first kappa shape index (κ1) is 14.0. The van der Waals surface area contributed by atoms with E-state index in [4.69, 9.17) is 0 Å². The van der Waals surface area contributed by atoms with Crippen molar-refractivity contribution in [2.45, 2.75) is 48.0 Å². The minimum Gasteiger partial charge on any atom is -0.0808 e. The molecule has 12 heavy (non-hydrogen) atoms. The number of hydrogen-bond donors (Lipinski definition) is 0. The van der Waals surface area contributed by atoms with Crippen molar-refractivity contribution in [2.75, 3.05) is 0 Å². The van der Waals surface area contributed by atoms with Gasteiger partial charge in [0.15, 0.2) is 0 Å². The molecule has 0 nitrogen and oxygen atoms in total. The summed E-state index contributed by atoms with van der Waals surface area (Å²) >= 11 is 0. The fraction of sp³-hybridized carbons (Fsp3) is 0.667. The summed E-state index contributed by atoms with van der Waals surface area (Å²) in [6, 6.07) is 0. The van der Waals surface area contributed by atoms with E-state index in [1.54, 1.807) is 0 Å². The normalized spacial score (nSPS) is 12.8. The zero-order chi connectivity index (χ0) is 10.0. The van der Waals surface area contributed by atoms with Gasteiger partial charge in [-0.2, -0.15) is 0 Å². The van der Waals surface area contributed by atoms with Gasteiger partial charge in [-0.15, -0.1) is 0 Å². The van der Waals surface area contributed by atoms with Crippen molar-refractivity contribution in [3.63, 3.8) is 0 Å². The Hall–Kier alpha value is -0.520. The standard InChI is InChI=1S/C5H6.C5H12.C2H6/c1-2-4-5-3-1;1-5(2,3)4;1-2/h1-4H,5H2;1-4H3;1-2H3. The number of rotatable bonds is 0. The molecule has 1 rings (SSSR count). The van der Waals surface area contributed by atoms with Gasteiger partial charge in [0, 0.05) is 0 Å². The smallest absolute Gasteiger partial charge is 0.0163 e. The lowest BCUT2D eigenvalue weighted by molar-refractivity contribution is 0.469. The first-order chi connectivity index (χ1) is 5.50. The van der Waals surface area contributed by atoms with Gasteiger partial charge in [-0.25, -0.2) is 0 Å². The first-order valence-electron chi connectivity index (χ1n) is 4.82. The van der Waals surface area contributed by atoms with E-state index in [2.05, 4.69) is 52.0 Å². The molecule has 0 aromatic carbocycles. The Morgan fingerprint density at radius 2 is 1.08 bits per heavy atom. The first-order valence-corrected chi connectivity index (χ1v) is 4.82. The lowest BCUT2D eigenvalue weighted by Crippen LogP contribution is -1.93. The molecule has 0 atom stereocenters. The Kier molecular flexibility index (Phi) is 10.0. The van der Waals surface area contributed by atoms with Gasteiger partial charge in [-0.1, -0.05) is 65.8 Å². The molecule has 0 bridgehead atoms. The molecule has 0 heterocycles. The zero-order valence-electron chi connectivity index (χ0n) is 9.52. The molecule has 1 aliphatic rings. The summed E-state index contributed by atoms with van der Waals surface area (Å²) in [6.45, 7) is 12.8. The van der Waals surface area contributed by atoms with Crippen molar-refractivity contribution < 1.29 is 0 Å². The minimum atomic E-state index is 0.500. The maximum absolute atomic E-state index is 2.19. The minimum absolute atomic E-state index is 0.500. The van der Waals surface area contributed by atoms with Crippen molar-refractivity contribution in [1.29, 1.82) is 0 Å².